The monoisotopic (exact) mass is 507 g/mol. The van der Waals surface area contributed by atoms with Gasteiger partial charge < -0.3 is 10.7 Å². The van der Waals surface area contributed by atoms with Crippen molar-refractivity contribution in [3.63, 3.8) is 0 Å². The van der Waals surface area contributed by atoms with Crippen molar-refractivity contribution >= 4 is 28.6 Å². The van der Waals surface area contributed by atoms with E-state index in [2.05, 4.69) is 57.4 Å². The minimum atomic E-state index is -0.283. The highest BCUT2D eigenvalue weighted by atomic mass is 35.5. The van der Waals surface area contributed by atoms with Crippen LogP contribution in [0.3, 0.4) is 0 Å². The van der Waals surface area contributed by atoms with Gasteiger partial charge in [0.05, 0.1) is 23.1 Å². The summed E-state index contributed by atoms with van der Waals surface area (Å²) >= 11 is 6.21. The number of anilines is 1. The second-order valence-corrected chi connectivity index (χ2v) is 11.0. The van der Waals surface area contributed by atoms with Crippen LogP contribution in [-0.2, 0) is 0 Å². The van der Waals surface area contributed by atoms with E-state index in [1.807, 2.05) is 0 Å². The molecule has 3 N–H and O–H groups in total. The SMILES string of the molecule is CC1=C2c3ccc(C4=CCN(C5CCCCC5)CC4)cc3C(Nc3cc(Cl)ccc3F)CCN2NN1. The largest absolute Gasteiger partial charge is 0.376 e. The van der Waals surface area contributed by atoms with Crippen LogP contribution >= 0.6 is 11.6 Å². The third kappa shape index (κ3) is 4.62. The van der Waals surface area contributed by atoms with E-state index in [4.69, 9.17) is 11.6 Å². The molecule has 1 fully saturated rings. The number of hydrazine groups is 2. The molecule has 2 aromatic rings. The number of benzene rings is 2. The molecule has 1 aliphatic carbocycles. The molecule has 0 radical (unpaired) electrons. The Hall–Kier alpha value is -2.54. The molecule has 6 rings (SSSR count). The molecule has 2 aromatic carbocycles. The summed E-state index contributed by atoms with van der Waals surface area (Å²) in [7, 11) is 0. The van der Waals surface area contributed by atoms with Crippen molar-refractivity contribution in [2.45, 2.75) is 64.0 Å². The highest BCUT2D eigenvalue weighted by Crippen LogP contribution is 2.39. The Morgan fingerprint density at radius 1 is 1.03 bits per heavy atom. The summed E-state index contributed by atoms with van der Waals surface area (Å²) < 4.78 is 14.7. The van der Waals surface area contributed by atoms with E-state index < -0.39 is 0 Å². The van der Waals surface area contributed by atoms with Crippen LogP contribution < -0.4 is 16.3 Å². The first kappa shape index (κ1) is 23.8. The lowest BCUT2D eigenvalue weighted by Crippen LogP contribution is -2.39. The quantitative estimate of drug-likeness (QED) is 0.442. The lowest BCUT2D eigenvalue weighted by molar-refractivity contribution is 0.171. The van der Waals surface area contributed by atoms with Crippen LogP contribution in [-0.4, -0.2) is 35.6 Å². The van der Waals surface area contributed by atoms with Crippen LogP contribution in [0.1, 0.15) is 74.6 Å². The van der Waals surface area contributed by atoms with Crippen molar-refractivity contribution < 1.29 is 4.39 Å². The fourth-order valence-corrected chi connectivity index (χ4v) is 6.51. The van der Waals surface area contributed by atoms with Gasteiger partial charge in [-0.05, 0) is 73.6 Å². The van der Waals surface area contributed by atoms with Crippen LogP contribution in [0.15, 0.2) is 48.2 Å². The standard InChI is InChI=1S/C29H35ClFN5/c1-19-29-24-9-7-21(20-11-14-35(15-12-20)23-5-3-2-4-6-23)17-25(24)27(13-16-36(29)34-33-19)32-28-18-22(30)8-10-26(28)31/h7-11,17-18,23,27,32-34H,2-6,12-16H2,1H3. The van der Waals surface area contributed by atoms with Crippen molar-refractivity contribution in [2.24, 2.45) is 0 Å². The Bertz CT molecular complexity index is 1200. The Kier molecular flexibility index (Phi) is 6.67. The van der Waals surface area contributed by atoms with Gasteiger partial charge in [0.15, 0.2) is 0 Å². The maximum Gasteiger partial charge on any atom is 0.146 e. The predicted octanol–water partition coefficient (Wildman–Crippen LogP) is 6.47. The van der Waals surface area contributed by atoms with Gasteiger partial charge in [-0.25, -0.2) is 4.39 Å². The third-order valence-electron chi connectivity index (χ3n) is 8.29. The Labute approximate surface area is 218 Å². The first-order valence-electron chi connectivity index (χ1n) is 13.4. The van der Waals surface area contributed by atoms with Crippen molar-refractivity contribution in [1.82, 2.24) is 20.9 Å². The van der Waals surface area contributed by atoms with Gasteiger partial charge in [-0.1, -0.05) is 49.1 Å². The van der Waals surface area contributed by atoms with Gasteiger partial charge in [-0.15, -0.1) is 5.53 Å². The topological polar surface area (TPSA) is 42.6 Å². The normalized spacial score (nSPS) is 23.0. The predicted molar refractivity (Wildman–Crippen MR) is 145 cm³/mol. The fraction of sp³-hybridized carbons (Fsp3) is 0.448. The zero-order chi connectivity index (χ0) is 24.6. The van der Waals surface area contributed by atoms with E-state index in [0.29, 0.717) is 10.7 Å². The zero-order valence-electron chi connectivity index (χ0n) is 20.9. The fourth-order valence-electron chi connectivity index (χ4n) is 6.33. The van der Waals surface area contributed by atoms with Crippen LogP contribution in [0.25, 0.3) is 11.3 Å². The van der Waals surface area contributed by atoms with Gasteiger partial charge in [0, 0.05) is 36.3 Å². The van der Waals surface area contributed by atoms with Gasteiger partial charge in [-0.2, -0.15) is 0 Å². The molecule has 4 aliphatic rings. The molecule has 0 amide bonds. The maximum atomic E-state index is 14.7. The molecule has 5 nitrogen and oxygen atoms in total. The first-order chi connectivity index (χ1) is 17.6. The molecular formula is C29H35ClFN5. The van der Waals surface area contributed by atoms with E-state index in [0.717, 1.165) is 49.9 Å². The summed E-state index contributed by atoms with van der Waals surface area (Å²) in [4.78, 5) is 2.68. The molecule has 3 aliphatic heterocycles. The zero-order valence-corrected chi connectivity index (χ0v) is 21.7. The molecule has 0 saturated heterocycles. The van der Waals surface area contributed by atoms with Crippen LogP contribution in [0.4, 0.5) is 10.1 Å². The first-order valence-corrected chi connectivity index (χ1v) is 13.7. The number of hydrogen-bond acceptors (Lipinski definition) is 5. The summed E-state index contributed by atoms with van der Waals surface area (Å²) in [5.41, 5.74) is 14.3. The molecule has 190 valence electrons. The molecule has 0 aromatic heterocycles. The van der Waals surface area contributed by atoms with Crippen molar-refractivity contribution in [3.8, 4) is 0 Å². The number of nitrogens with one attached hydrogen (secondary N) is 3. The Morgan fingerprint density at radius 3 is 2.69 bits per heavy atom. The molecule has 3 heterocycles. The van der Waals surface area contributed by atoms with E-state index in [1.54, 1.807) is 12.1 Å². The summed E-state index contributed by atoms with van der Waals surface area (Å²) in [5, 5.41) is 6.17. The molecule has 36 heavy (non-hydrogen) atoms. The van der Waals surface area contributed by atoms with Crippen LogP contribution in [0, 0.1) is 5.82 Å². The summed E-state index contributed by atoms with van der Waals surface area (Å²) in [6, 6.07) is 12.3. The summed E-state index contributed by atoms with van der Waals surface area (Å²) in [6.07, 6.45) is 11.2. The highest BCUT2D eigenvalue weighted by molar-refractivity contribution is 6.30. The number of fused-ring (bicyclic) bond motifs is 3. The number of allylic oxidation sites excluding steroid dienone is 1. The second-order valence-electron chi connectivity index (χ2n) is 10.5. The minimum Gasteiger partial charge on any atom is -0.376 e. The average molecular weight is 508 g/mol. The van der Waals surface area contributed by atoms with Gasteiger partial charge >= 0.3 is 0 Å². The van der Waals surface area contributed by atoms with Crippen LogP contribution in [0.5, 0.6) is 0 Å². The molecule has 1 unspecified atom stereocenters. The summed E-state index contributed by atoms with van der Waals surface area (Å²) in [6.45, 7) is 5.06. The molecule has 1 atom stereocenters. The van der Waals surface area contributed by atoms with Gasteiger partial charge in [0.1, 0.15) is 5.82 Å². The number of hydrogen-bond donors (Lipinski definition) is 3. The van der Waals surface area contributed by atoms with Gasteiger partial charge in [0.25, 0.3) is 0 Å². The minimum absolute atomic E-state index is 0.0384. The number of halogens is 2. The average Bonchev–Trinajstić information content (AvgIpc) is 3.20. The van der Waals surface area contributed by atoms with Crippen molar-refractivity contribution in [2.75, 3.05) is 25.0 Å². The highest BCUT2D eigenvalue weighted by Gasteiger charge is 2.31. The van der Waals surface area contributed by atoms with E-state index in [-0.39, 0.29) is 11.9 Å². The van der Waals surface area contributed by atoms with Gasteiger partial charge in [0.2, 0.25) is 0 Å². The smallest absolute Gasteiger partial charge is 0.146 e. The van der Waals surface area contributed by atoms with Crippen LogP contribution in [0.2, 0.25) is 5.02 Å². The number of nitrogens with zero attached hydrogens (tertiary/aromatic N) is 2. The van der Waals surface area contributed by atoms with Crippen molar-refractivity contribution in [1.29, 1.82) is 0 Å². The van der Waals surface area contributed by atoms with E-state index >= 15 is 0 Å². The molecule has 7 heteroatoms. The van der Waals surface area contributed by atoms with Crippen molar-refractivity contribution in [3.05, 3.63) is 75.7 Å². The molecule has 0 bridgehead atoms. The maximum absolute atomic E-state index is 14.7. The third-order valence-corrected chi connectivity index (χ3v) is 8.52. The molecule has 1 saturated carbocycles. The lowest BCUT2D eigenvalue weighted by Gasteiger charge is -2.36. The molecule has 0 spiro atoms. The second kappa shape index (κ2) is 10.1. The summed E-state index contributed by atoms with van der Waals surface area (Å²) in [5.74, 6) is -0.283. The Morgan fingerprint density at radius 2 is 1.89 bits per heavy atom. The number of rotatable bonds is 4. The van der Waals surface area contributed by atoms with E-state index in [1.165, 1.54) is 60.4 Å². The molecular weight excluding hydrogens is 473 g/mol. The van der Waals surface area contributed by atoms with Gasteiger partial charge in [-0.3, -0.25) is 9.91 Å². The van der Waals surface area contributed by atoms with E-state index in [9.17, 15) is 4.39 Å². The lowest BCUT2D eigenvalue weighted by atomic mass is 9.89. The Balaban J connectivity index is 1.33.